The summed E-state index contributed by atoms with van der Waals surface area (Å²) in [4.78, 5) is 15.5. The standard InChI is InChI=1S/C17H23N3O6/c18-10(5-8-6-19-11-4-2-1-3-9(8)11)16(25)20-17-15(24)14(23)13(22)12(7-21)26-17/h1-4,6,10,12-15,17,19,21-24H,5,7,18H2,(H,20,25)/t10-,12+,13+,14-,15+,17+/m0/s1. The summed E-state index contributed by atoms with van der Waals surface area (Å²) >= 11 is 0. The highest BCUT2D eigenvalue weighted by Gasteiger charge is 2.44. The van der Waals surface area contributed by atoms with Crippen LogP contribution in [0.4, 0.5) is 0 Å². The second-order valence-electron chi connectivity index (χ2n) is 6.43. The van der Waals surface area contributed by atoms with Gasteiger partial charge in [0.2, 0.25) is 5.91 Å². The van der Waals surface area contributed by atoms with Crippen LogP contribution < -0.4 is 11.1 Å². The van der Waals surface area contributed by atoms with Crippen LogP contribution in [-0.4, -0.2) is 74.6 Å². The maximum absolute atomic E-state index is 12.4. The third-order valence-corrected chi connectivity index (χ3v) is 4.63. The van der Waals surface area contributed by atoms with Gasteiger partial charge in [-0.25, -0.2) is 0 Å². The van der Waals surface area contributed by atoms with Crippen LogP contribution in [0.2, 0.25) is 0 Å². The fourth-order valence-corrected chi connectivity index (χ4v) is 3.10. The first kappa shape index (κ1) is 18.8. The van der Waals surface area contributed by atoms with Gasteiger partial charge in [0.05, 0.1) is 12.6 Å². The van der Waals surface area contributed by atoms with Crippen LogP contribution in [0.5, 0.6) is 0 Å². The summed E-state index contributed by atoms with van der Waals surface area (Å²) in [5.41, 5.74) is 7.77. The van der Waals surface area contributed by atoms with Gasteiger partial charge in [0.25, 0.3) is 0 Å². The molecule has 1 saturated heterocycles. The topological polar surface area (TPSA) is 161 Å². The molecule has 0 radical (unpaired) electrons. The van der Waals surface area contributed by atoms with E-state index in [2.05, 4.69) is 10.3 Å². The van der Waals surface area contributed by atoms with Crippen LogP contribution in [0.1, 0.15) is 5.56 Å². The number of rotatable bonds is 5. The molecular formula is C17H23N3O6. The van der Waals surface area contributed by atoms with Crippen LogP contribution in [0.25, 0.3) is 10.9 Å². The minimum atomic E-state index is -1.56. The second-order valence-corrected chi connectivity index (χ2v) is 6.43. The Morgan fingerprint density at radius 1 is 1.23 bits per heavy atom. The molecule has 1 aromatic heterocycles. The van der Waals surface area contributed by atoms with Crippen molar-refractivity contribution in [2.75, 3.05) is 6.61 Å². The third-order valence-electron chi connectivity index (χ3n) is 4.63. The van der Waals surface area contributed by atoms with Crippen LogP contribution in [0.15, 0.2) is 30.5 Å². The fraction of sp³-hybridized carbons (Fsp3) is 0.471. The molecule has 26 heavy (non-hydrogen) atoms. The number of H-pyrrole nitrogens is 1. The molecule has 1 aliphatic heterocycles. The maximum Gasteiger partial charge on any atom is 0.239 e. The Hall–Kier alpha value is -2.01. The number of ether oxygens (including phenoxy) is 1. The molecule has 2 aromatic rings. The first-order valence-corrected chi connectivity index (χ1v) is 8.34. The zero-order chi connectivity index (χ0) is 18.8. The SMILES string of the molecule is N[C@@H](Cc1c[nH]c2ccccc12)C(=O)N[C@@H]1O[C@H](CO)[C@@H](O)[C@H](O)[C@H]1O. The zero-order valence-electron chi connectivity index (χ0n) is 13.9. The Morgan fingerprint density at radius 2 is 1.96 bits per heavy atom. The lowest BCUT2D eigenvalue weighted by molar-refractivity contribution is -0.236. The number of para-hydroxylation sites is 1. The van der Waals surface area contributed by atoms with Crippen molar-refractivity contribution >= 4 is 16.8 Å². The number of hydrogen-bond donors (Lipinski definition) is 7. The number of carbonyl (C=O) groups excluding carboxylic acids is 1. The molecule has 1 aromatic carbocycles. The molecule has 0 aliphatic carbocycles. The summed E-state index contributed by atoms with van der Waals surface area (Å²) in [6.07, 6.45) is -4.93. The number of aliphatic hydroxyl groups is 4. The molecule has 9 nitrogen and oxygen atoms in total. The van der Waals surface area contributed by atoms with Crippen molar-refractivity contribution in [3.63, 3.8) is 0 Å². The van der Waals surface area contributed by atoms with E-state index in [1.54, 1.807) is 6.20 Å². The van der Waals surface area contributed by atoms with E-state index in [0.29, 0.717) is 0 Å². The molecule has 3 rings (SSSR count). The van der Waals surface area contributed by atoms with Crippen molar-refractivity contribution in [1.82, 2.24) is 10.3 Å². The van der Waals surface area contributed by atoms with Crippen LogP contribution in [0.3, 0.4) is 0 Å². The van der Waals surface area contributed by atoms with Gasteiger partial charge in [0, 0.05) is 17.1 Å². The van der Waals surface area contributed by atoms with Crippen molar-refractivity contribution in [3.05, 3.63) is 36.0 Å². The van der Waals surface area contributed by atoms with Crippen molar-refractivity contribution in [3.8, 4) is 0 Å². The van der Waals surface area contributed by atoms with Gasteiger partial charge in [-0.05, 0) is 18.1 Å². The average Bonchev–Trinajstić information content (AvgIpc) is 3.05. The van der Waals surface area contributed by atoms with Gasteiger partial charge in [0.1, 0.15) is 24.4 Å². The highest BCUT2D eigenvalue weighted by Crippen LogP contribution is 2.21. The van der Waals surface area contributed by atoms with Gasteiger partial charge in [-0.1, -0.05) is 18.2 Å². The first-order chi connectivity index (χ1) is 12.4. The van der Waals surface area contributed by atoms with Gasteiger partial charge in [-0.3, -0.25) is 4.79 Å². The lowest BCUT2D eigenvalue weighted by atomic mass is 9.98. The smallest absolute Gasteiger partial charge is 0.239 e. The number of carbonyl (C=O) groups is 1. The molecular weight excluding hydrogens is 342 g/mol. The predicted molar refractivity (Wildman–Crippen MR) is 91.9 cm³/mol. The third kappa shape index (κ3) is 3.58. The molecule has 142 valence electrons. The van der Waals surface area contributed by atoms with E-state index in [1.807, 2.05) is 24.3 Å². The van der Waals surface area contributed by atoms with Crippen molar-refractivity contribution in [1.29, 1.82) is 0 Å². The van der Waals surface area contributed by atoms with Crippen molar-refractivity contribution in [2.24, 2.45) is 5.73 Å². The average molecular weight is 365 g/mol. The zero-order valence-corrected chi connectivity index (χ0v) is 13.9. The van der Waals surface area contributed by atoms with Gasteiger partial charge >= 0.3 is 0 Å². The minimum absolute atomic E-state index is 0.257. The molecule has 1 fully saturated rings. The van der Waals surface area contributed by atoms with Crippen molar-refractivity contribution < 1.29 is 30.0 Å². The highest BCUT2D eigenvalue weighted by atomic mass is 16.6. The molecule has 2 heterocycles. The lowest BCUT2D eigenvalue weighted by Crippen LogP contribution is -2.64. The molecule has 1 aliphatic rings. The van der Waals surface area contributed by atoms with Crippen LogP contribution >= 0.6 is 0 Å². The number of nitrogens with one attached hydrogen (secondary N) is 2. The van der Waals surface area contributed by atoms with E-state index in [9.17, 15) is 25.2 Å². The fourth-order valence-electron chi connectivity index (χ4n) is 3.10. The van der Waals surface area contributed by atoms with Gasteiger partial charge in [0.15, 0.2) is 6.23 Å². The molecule has 9 heteroatoms. The summed E-state index contributed by atoms with van der Waals surface area (Å²) < 4.78 is 5.25. The Morgan fingerprint density at radius 3 is 2.69 bits per heavy atom. The molecule has 6 atom stereocenters. The summed E-state index contributed by atoms with van der Waals surface area (Å²) in [6, 6.07) is 6.71. The van der Waals surface area contributed by atoms with E-state index >= 15 is 0 Å². The molecule has 1 amide bonds. The largest absolute Gasteiger partial charge is 0.394 e. The van der Waals surface area contributed by atoms with Crippen molar-refractivity contribution in [2.45, 2.75) is 43.1 Å². The van der Waals surface area contributed by atoms with E-state index in [4.69, 9.17) is 10.5 Å². The Balaban J connectivity index is 1.65. The van der Waals surface area contributed by atoms with Gasteiger partial charge < -0.3 is 41.2 Å². The van der Waals surface area contributed by atoms with Crippen LogP contribution in [-0.2, 0) is 16.0 Å². The molecule has 0 unspecified atom stereocenters. The van der Waals surface area contributed by atoms with E-state index < -0.39 is 49.2 Å². The second kappa shape index (κ2) is 7.70. The maximum atomic E-state index is 12.4. The number of hydrogen-bond acceptors (Lipinski definition) is 7. The minimum Gasteiger partial charge on any atom is -0.394 e. The first-order valence-electron chi connectivity index (χ1n) is 8.34. The summed E-state index contributed by atoms with van der Waals surface area (Å²) in [5.74, 6) is -0.584. The molecule has 0 saturated carbocycles. The highest BCUT2D eigenvalue weighted by molar-refractivity contribution is 5.86. The van der Waals surface area contributed by atoms with Gasteiger partial charge in [-0.15, -0.1) is 0 Å². The Labute approximate surface area is 149 Å². The predicted octanol–water partition coefficient (Wildman–Crippen LogP) is -2.05. The number of aromatic nitrogens is 1. The molecule has 0 bridgehead atoms. The summed E-state index contributed by atoms with van der Waals surface area (Å²) in [5, 5.41) is 42.1. The molecule has 0 spiro atoms. The van der Waals surface area contributed by atoms with E-state index in [0.717, 1.165) is 16.5 Å². The lowest BCUT2D eigenvalue weighted by Gasteiger charge is -2.40. The summed E-state index contributed by atoms with van der Waals surface area (Å²) in [7, 11) is 0. The van der Waals surface area contributed by atoms with E-state index in [-0.39, 0.29) is 6.42 Å². The Kier molecular flexibility index (Phi) is 5.56. The van der Waals surface area contributed by atoms with E-state index in [1.165, 1.54) is 0 Å². The normalized spacial score (nSPS) is 30.3. The number of benzene rings is 1. The number of nitrogens with two attached hydrogens (primary N) is 1. The number of aliphatic hydroxyl groups excluding tert-OH is 4. The quantitative estimate of drug-likeness (QED) is 0.321. The van der Waals surface area contributed by atoms with Gasteiger partial charge in [-0.2, -0.15) is 0 Å². The number of aromatic amines is 1. The summed E-state index contributed by atoms with van der Waals surface area (Å²) in [6.45, 7) is -0.571. The van der Waals surface area contributed by atoms with Crippen LogP contribution in [0, 0.1) is 0 Å². The Bertz CT molecular complexity index is 764. The number of fused-ring (bicyclic) bond motifs is 1. The monoisotopic (exact) mass is 365 g/mol. The molecule has 8 N–H and O–H groups in total. The number of amides is 1.